The highest BCUT2D eigenvalue weighted by molar-refractivity contribution is 5.83. The Bertz CT molecular complexity index is 528. The van der Waals surface area contributed by atoms with E-state index in [4.69, 9.17) is 0 Å². The molecule has 0 fully saturated rings. The summed E-state index contributed by atoms with van der Waals surface area (Å²) in [4.78, 5) is 5.73. The van der Waals surface area contributed by atoms with Crippen molar-refractivity contribution in [2.24, 2.45) is 0 Å². The first kappa shape index (κ1) is 14.1. The van der Waals surface area contributed by atoms with Crippen LogP contribution in [0.2, 0.25) is 0 Å². The Labute approximate surface area is 116 Å². The van der Waals surface area contributed by atoms with Crippen LogP contribution < -0.4 is 5.32 Å². The topological polar surface area (TPSA) is 31.1 Å². The molecule has 0 radical (unpaired) electrons. The summed E-state index contributed by atoms with van der Waals surface area (Å²) < 4.78 is 0. The predicted molar refractivity (Wildman–Crippen MR) is 82.6 cm³/mol. The molecule has 0 saturated heterocycles. The van der Waals surface area contributed by atoms with Gasteiger partial charge in [-0.25, -0.2) is 0 Å². The normalized spacial score (nSPS) is 12.5. The fourth-order valence-corrected chi connectivity index (χ4v) is 2.48. The van der Waals surface area contributed by atoms with E-state index in [1.807, 2.05) is 7.05 Å². The average molecular weight is 259 g/mol. The van der Waals surface area contributed by atoms with Crippen LogP contribution in [0.25, 0.3) is 10.9 Å². The van der Waals surface area contributed by atoms with Gasteiger partial charge in [0, 0.05) is 35.7 Å². The van der Waals surface area contributed by atoms with Gasteiger partial charge in [0.05, 0.1) is 0 Å². The van der Waals surface area contributed by atoms with Crippen molar-refractivity contribution in [3.63, 3.8) is 0 Å². The molecule has 3 heteroatoms. The second-order valence-corrected chi connectivity index (χ2v) is 5.98. The molecule has 3 nitrogen and oxygen atoms in total. The lowest BCUT2D eigenvalue weighted by atomic mass is 10.1. The van der Waals surface area contributed by atoms with Gasteiger partial charge in [0.1, 0.15) is 0 Å². The van der Waals surface area contributed by atoms with Gasteiger partial charge in [-0.15, -0.1) is 0 Å². The molecule has 1 aromatic heterocycles. The zero-order chi connectivity index (χ0) is 13.9. The zero-order valence-electron chi connectivity index (χ0n) is 12.5. The molecule has 2 aromatic rings. The predicted octanol–water partition coefficient (Wildman–Crippen LogP) is 2.64. The molecule has 2 N–H and O–H groups in total. The number of hydrogen-bond donors (Lipinski definition) is 2. The third-order valence-corrected chi connectivity index (χ3v) is 3.78. The van der Waals surface area contributed by atoms with E-state index < -0.39 is 0 Å². The van der Waals surface area contributed by atoms with Crippen LogP contribution in [0.15, 0.2) is 30.5 Å². The summed E-state index contributed by atoms with van der Waals surface area (Å²) in [5.74, 6) is 0. The van der Waals surface area contributed by atoms with E-state index in [2.05, 4.69) is 66.6 Å². The van der Waals surface area contributed by atoms with Crippen molar-refractivity contribution >= 4 is 10.9 Å². The van der Waals surface area contributed by atoms with Crippen LogP contribution in [0.3, 0.4) is 0 Å². The van der Waals surface area contributed by atoms with Crippen molar-refractivity contribution in [1.29, 1.82) is 0 Å². The maximum absolute atomic E-state index is 3.35. The van der Waals surface area contributed by atoms with E-state index in [1.54, 1.807) is 0 Å². The Kier molecular flexibility index (Phi) is 4.27. The summed E-state index contributed by atoms with van der Waals surface area (Å²) in [6.07, 6.45) is 3.22. The minimum atomic E-state index is 0.162. The highest BCUT2D eigenvalue weighted by atomic mass is 15.1. The number of fused-ring (bicyclic) bond motifs is 1. The smallest absolute Gasteiger partial charge is 0.0456 e. The van der Waals surface area contributed by atoms with Crippen LogP contribution >= 0.6 is 0 Å². The number of aromatic amines is 1. The molecule has 0 saturated carbocycles. The van der Waals surface area contributed by atoms with Crippen molar-refractivity contribution in [2.45, 2.75) is 25.8 Å². The Hall–Kier alpha value is -1.32. The summed E-state index contributed by atoms with van der Waals surface area (Å²) in [7, 11) is 4.21. The minimum Gasteiger partial charge on any atom is -0.361 e. The lowest BCUT2D eigenvalue weighted by Crippen LogP contribution is -2.46. The van der Waals surface area contributed by atoms with E-state index in [9.17, 15) is 0 Å². The van der Waals surface area contributed by atoms with Gasteiger partial charge < -0.3 is 15.2 Å². The number of nitrogens with zero attached hydrogens (tertiary/aromatic N) is 1. The molecule has 0 bridgehead atoms. The van der Waals surface area contributed by atoms with Crippen molar-refractivity contribution in [3.05, 3.63) is 36.0 Å². The molecule has 19 heavy (non-hydrogen) atoms. The maximum Gasteiger partial charge on any atom is 0.0456 e. The molecule has 0 unspecified atom stereocenters. The molecule has 0 amide bonds. The van der Waals surface area contributed by atoms with Gasteiger partial charge in [-0.2, -0.15) is 0 Å². The van der Waals surface area contributed by atoms with E-state index in [0.717, 1.165) is 19.5 Å². The van der Waals surface area contributed by atoms with Crippen LogP contribution in [0.4, 0.5) is 0 Å². The van der Waals surface area contributed by atoms with Crippen LogP contribution in [0.5, 0.6) is 0 Å². The Morgan fingerprint density at radius 2 is 2.00 bits per heavy atom. The molecule has 1 aromatic carbocycles. The summed E-state index contributed by atoms with van der Waals surface area (Å²) in [6, 6.07) is 8.50. The lowest BCUT2D eigenvalue weighted by Gasteiger charge is -2.30. The van der Waals surface area contributed by atoms with Gasteiger partial charge in [-0.1, -0.05) is 18.2 Å². The monoisotopic (exact) mass is 259 g/mol. The third kappa shape index (κ3) is 3.58. The molecule has 0 atom stereocenters. The Morgan fingerprint density at radius 3 is 2.74 bits per heavy atom. The molecule has 0 spiro atoms. The summed E-state index contributed by atoms with van der Waals surface area (Å²) in [5, 5.41) is 4.70. The van der Waals surface area contributed by atoms with Gasteiger partial charge in [0.15, 0.2) is 0 Å². The SMILES string of the molecule is CNC(C)(C)CN(C)CCc1c[nH]c2ccccc12. The van der Waals surface area contributed by atoms with Crippen molar-refractivity contribution in [3.8, 4) is 0 Å². The zero-order valence-corrected chi connectivity index (χ0v) is 12.5. The number of aromatic nitrogens is 1. The van der Waals surface area contributed by atoms with Gasteiger partial charge >= 0.3 is 0 Å². The first-order chi connectivity index (χ1) is 9.02. The van der Waals surface area contributed by atoms with Crippen LogP contribution in [-0.2, 0) is 6.42 Å². The number of hydrogen-bond acceptors (Lipinski definition) is 2. The molecular weight excluding hydrogens is 234 g/mol. The molecule has 0 aliphatic rings. The fraction of sp³-hybridized carbons (Fsp3) is 0.500. The highest BCUT2D eigenvalue weighted by Crippen LogP contribution is 2.18. The number of para-hydroxylation sites is 1. The molecular formula is C16H25N3. The Morgan fingerprint density at radius 1 is 1.26 bits per heavy atom. The number of benzene rings is 1. The number of nitrogens with one attached hydrogen (secondary N) is 2. The minimum absolute atomic E-state index is 0.162. The van der Waals surface area contributed by atoms with E-state index >= 15 is 0 Å². The van der Waals surface area contributed by atoms with Crippen LogP contribution in [0.1, 0.15) is 19.4 Å². The maximum atomic E-state index is 3.35. The number of H-pyrrole nitrogens is 1. The molecule has 104 valence electrons. The van der Waals surface area contributed by atoms with Crippen molar-refractivity contribution < 1.29 is 0 Å². The second kappa shape index (κ2) is 5.76. The van der Waals surface area contributed by atoms with Gasteiger partial charge in [0.25, 0.3) is 0 Å². The molecule has 0 aliphatic heterocycles. The summed E-state index contributed by atoms with van der Waals surface area (Å²) >= 11 is 0. The van der Waals surface area contributed by atoms with E-state index in [0.29, 0.717) is 0 Å². The Balaban J connectivity index is 1.95. The van der Waals surface area contributed by atoms with Crippen LogP contribution in [-0.4, -0.2) is 42.6 Å². The first-order valence-corrected chi connectivity index (χ1v) is 6.94. The number of rotatable bonds is 6. The molecule has 2 rings (SSSR count). The summed E-state index contributed by atoms with van der Waals surface area (Å²) in [6.45, 7) is 6.59. The lowest BCUT2D eigenvalue weighted by molar-refractivity contribution is 0.247. The average Bonchev–Trinajstić information content (AvgIpc) is 2.79. The summed E-state index contributed by atoms with van der Waals surface area (Å²) in [5.41, 5.74) is 2.80. The first-order valence-electron chi connectivity index (χ1n) is 6.94. The third-order valence-electron chi connectivity index (χ3n) is 3.78. The van der Waals surface area contributed by atoms with Gasteiger partial charge in [-0.05, 0) is 46.0 Å². The largest absolute Gasteiger partial charge is 0.361 e. The van der Waals surface area contributed by atoms with Gasteiger partial charge in [0.2, 0.25) is 0 Å². The van der Waals surface area contributed by atoms with Crippen molar-refractivity contribution in [1.82, 2.24) is 15.2 Å². The fourth-order valence-electron chi connectivity index (χ4n) is 2.48. The molecule has 0 aliphatic carbocycles. The second-order valence-electron chi connectivity index (χ2n) is 5.98. The van der Waals surface area contributed by atoms with E-state index in [-0.39, 0.29) is 5.54 Å². The van der Waals surface area contributed by atoms with Crippen LogP contribution in [0, 0.1) is 0 Å². The number of likely N-dealkylation sites (N-methyl/N-ethyl adjacent to an activating group) is 2. The quantitative estimate of drug-likeness (QED) is 0.835. The van der Waals surface area contributed by atoms with Gasteiger partial charge in [-0.3, -0.25) is 0 Å². The van der Waals surface area contributed by atoms with Crippen molar-refractivity contribution in [2.75, 3.05) is 27.2 Å². The standard InChI is InChI=1S/C16H25N3/c1-16(2,17-3)12-19(4)10-9-13-11-18-15-8-6-5-7-14(13)15/h5-8,11,17-18H,9-10,12H2,1-4H3. The van der Waals surface area contributed by atoms with E-state index in [1.165, 1.54) is 16.5 Å². The highest BCUT2D eigenvalue weighted by Gasteiger charge is 2.17. The molecule has 1 heterocycles.